The first-order chi connectivity index (χ1) is 18.2. The summed E-state index contributed by atoms with van der Waals surface area (Å²) in [5.41, 5.74) is 0.659. The van der Waals surface area contributed by atoms with E-state index in [-0.39, 0.29) is 9.79 Å². The lowest BCUT2D eigenvalue weighted by molar-refractivity contribution is -0.114. The zero-order valence-electron chi connectivity index (χ0n) is 21.1. The van der Waals surface area contributed by atoms with E-state index >= 15 is 0 Å². The Morgan fingerprint density at radius 2 is 1.47 bits per heavy atom. The van der Waals surface area contributed by atoms with E-state index in [1.54, 1.807) is 42.5 Å². The van der Waals surface area contributed by atoms with Crippen LogP contribution in [0.4, 0.5) is 11.4 Å². The molecule has 1 saturated heterocycles. The zero-order valence-corrected chi connectivity index (χ0v) is 22.7. The maximum Gasteiger partial charge on any atom is 0.264 e. The normalized spacial score (nSPS) is 14.6. The van der Waals surface area contributed by atoms with E-state index < -0.39 is 32.5 Å². The highest BCUT2D eigenvalue weighted by molar-refractivity contribution is 7.92. The predicted molar refractivity (Wildman–Crippen MR) is 146 cm³/mol. The number of carbonyl (C=O) groups is 1. The number of hydrogen-bond acceptors (Lipinski definition) is 6. The summed E-state index contributed by atoms with van der Waals surface area (Å²) in [6.07, 6.45) is 2.69. The predicted octanol–water partition coefficient (Wildman–Crippen LogP) is 4.09. The number of ether oxygens (including phenoxy) is 1. The van der Waals surface area contributed by atoms with Gasteiger partial charge in [-0.15, -0.1) is 0 Å². The fraction of sp³-hybridized carbons (Fsp3) is 0.296. The maximum atomic E-state index is 13.5. The smallest absolute Gasteiger partial charge is 0.264 e. The molecule has 1 amide bonds. The number of nitrogens with one attached hydrogen (secondary N) is 1. The van der Waals surface area contributed by atoms with Gasteiger partial charge in [0.2, 0.25) is 15.9 Å². The molecule has 1 heterocycles. The molecular weight excluding hydrogens is 526 g/mol. The summed E-state index contributed by atoms with van der Waals surface area (Å²) in [7, 11) is -7.66. The number of carbonyl (C=O) groups excluding carboxylic acids is 1. The van der Waals surface area contributed by atoms with Crippen LogP contribution < -0.4 is 14.4 Å². The molecule has 3 aromatic carbocycles. The van der Waals surface area contributed by atoms with Crippen LogP contribution in [0.15, 0.2) is 88.7 Å². The second kappa shape index (κ2) is 12.0. The Morgan fingerprint density at radius 3 is 2.08 bits per heavy atom. The summed E-state index contributed by atoms with van der Waals surface area (Å²) in [5.74, 6) is 0.00221. The molecule has 0 spiro atoms. The SMILES string of the molecule is CCOc1ccc(N(CC(=O)Nc2ccc(S(=O)(=O)N3CCCCC3)cc2)S(=O)(=O)c2ccccc2)cc1. The third-order valence-corrected chi connectivity index (χ3v) is 9.85. The largest absolute Gasteiger partial charge is 0.494 e. The molecule has 4 rings (SSSR count). The Kier molecular flexibility index (Phi) is 8.70. The van der Waals surface area contributed by atoms with Gasteiger partial charge in [-0.2, -0.15) is 4.31 Å². The van der Waals surface area contributed by atoms with Gasteiger partial charge in [0.25, 0.3) is 10.0 Å². The van der Waals surface area contributed by atoms with Crippen LogP contribution in [0.25, 0.3) is 0 Å². The zero-order chi connectivity index (χ0) is 27.2. The molecule has 0 radical (unpaired) electrons. The van der Waals surface area contributed by atoms with Gasteiger partial charge >= 0.3 is 0 Å². The highest BCUT2D eigenvalue weighted by Crippen LogP contribution is 2.26. The van der Waals surface area contributed by atoms with Gasteiger partial charge < -0.3 is 10.1 Å². The van der Waals surface area contributed by atoms with Gasteiger partial charge in [0.15, 0.2) is 0 Å². The quantitative estimate of drug-likeness (QED) is 0.402. The molecule has 9 nitrogen and oxygen atoms in total. The van der Waals surface area contributed by atoms with E-state index in [9.17, 15) is 21.6 Å². The highest BCUT2D eigenvalue weighted by atomic mass is 32.2. The number of piperidine rings is 1. The van der Waals surface area contributed by atoms with Crippen LogP contribution in [0.5, 0.6) is 5.75 Å². The number of amides is 1. The van der Waals surface area contributed by atoms with E-state index in [0.717, 1.165) is 23.6 Å². The molecule has 1 fully saturated rings. The number of benzene rings is 3. The van der Waals surface area contributed by atoms with Crippen LogP contribution >= 0.6 is 0 Å². The van der Waals surface area contributed by atoms with Crippen LogP contribution in [0.1, 0.15) is 26.2 Å². The number of anilines is 2. The minimum absolute atomic E-state index is 0.0500. The van der Waals surface area contributed by atoms with Gasteiger partial charge in [-0.1, -0.05) is 24.6 Å². The fourth-order valence-electron chi connectivity index (χ4n) is 4.21. The van der Waals surface area contributed by atoms with Crippen molar-refractivity contribution in [2.45, 2.75) is 36.0 Å². The van der Waals surface area contributed by atoms with Crippen LogP contribution in [0.2, 0.25) is 0 Å². The number of nitrogens with zero attached hydrogens (tertiary/aromatic N) is 2. The summed E-state index contributed by atoms with van der Waals surface area (Å²) in [4.78, 5) is 13.2. The molecule has 1 N–H and O–H groups in total. The first-order valence-electron chi connectivity index (χ1n) is 12.4. The van der Waals surface area contributed by atoms with Crippen LogP contribution in [0.3, 0.4) is 0 Å². The lowest BCUT2D eigenvalue weighted by atomic mass is 10.2. The monoisotopic (exact) mass is 557 g/mol. The lowest BCUT2D eigenvalue weighted by Gasteiger charge is -2.26. The minimum Gasteiger partial charge on any atom is -0.494 e. The molecule has 11 heteroatoms. The van der Waals surface area contributed by atoms with E-state index in [1.165, 1.54) is 40.7 Å². The third-order valence-electron chi connectivity index (χ3n) is 6.15. The van der Waals surface area contributed by atoms with Crippen molar-refractivity contribution >= 4 is 37.3 Å². The van der Waals surface area contributed by atoms with E-state index in [1.807, 2.05) is 6.92 Å². The molecule has 0 unspecified atom stereocenters. The number of hydrogen-bond donors (Lipinski definition) is 1. The standard InChI is InChI=1S/C27H31N3O6S2/c1-2-36-24-15-13-23(14-16-24)30(38(34,35)25-9-5-3-6-10-25)21-27(31)28-22-11-17-26(18-12-22)37(32,33)29-19-7-4-8-20-29/h3,5-6,9-18H,2,4,7-8,19-21H2,1H3,(H,28,31). The Hall–Kier alpha value is -3.41. The summed E-state index contributed by atoms with van der Waals surface area (Å²) in [6, 6.07) is 20.2. The van der Waals surface area contributed by atoms with Crippen molar-refractivity contribution in [2.75, 3.05) is 35.9 Å². The number of sulfonamides is 2. The van der Waals surface area contributed by atoms with Crippen molar-refractivity contribution in [3.63, 3.8) is 0 Å². The van der Waals surface area contributed by atoms with Crippen LogP contribution in [-0.2, 0) is 24.8 Å². The molecule has 0 atom stereocenters. The summed E-state index contributed by atoms with van der Waals surface area (Å²) in [5, 5.41) is 2.68. The van der Waals surface area contributed by atoms with Gasteiger partial charge in [0, 0.05) is 18.8 Å². The summed E-state index contributed by atoms with van der Waals surface area (Å²) >= 11 is 0. The molecule has 1 aliphatic rings. The van der Waals surface area contributed by atoms with Gasteiger partial charge in [-0.05, 0) is 80.4 Å². The molecule has 0 bridgehead atoms. The first-order valence-corrected chi connectivity index (χ1v) is 15.3. The van der Waals surface area contributed by atoms with E-state index in [2.05, 4.69) is 5.32 Å². The van der Waals surface area contributed by atoms with Gasteiger partial charge in [-0.3, -0.25) is 9.10 Å². The second-order valence-corrected chi connectivity index (χ2v) is 12.6. The summed E-state index contributed by atoms with van der Waals surface area (Å²) < 4.78 is 60.7. The lowest BCUT2D eigenvalue weighted by Crippen LogP contribution is -2.38. The fourth-order valence-corrected chi connectivity index (χ4v) is 7.16. The van der Waals surface area contributed by atoms with Gasteiger partial charge in [0.1, 0.15) is 12.3 Å². The average Bonchev–Trinajstić information content (AvgIpc) is 2.94. The topological polar surface area (TPSA) is 113 Å². The minimum atomic E-state index is -4.06. The Bertz CT molecular complexity index is 1440. The van der Waals surface area contributed by atoms with Crippen molar-refractivity contribution in [1.29, 1.82) is 0 Å². The molecule has 3 aromatic rings. The Labute approximate surface area is 224 Å². The van der Waals surface area contributed by atoms with Crippen molar-refractivity contribution in [3.05, 3.63) is 78.9 Å². The number of rotatable bonds is 10. The van der Waals surface area contributed by atoms with E-state index in [4.69, 9.17) is 4.74 Å². The van der Waals surface area contributed by atoms with Crippen molar-refractivity contribution < 1.29 is 26.4 Å². The maximum absolute atomic E-state index is 13.5. The van der Waals surface area contributed by atoms with Crippen molar-refractivity contribution in [2.24, 2.45) is 0 Å². The third kappa shape index (κ3) is 6.35. The Morgan fingerprint density at radius 1 is 0.842 bits per heavy atom. The van der Waals surface area contributed by atoms with E-state index in [0.29, 0.717) is 36.8 Å². The molecule has 0 aliphatic carbocycles. The molecule has 0 saturated carbocycles. The first kappa shape index (κ1) is 27.6. The molecule has 1 aliphatic heterocycles. The average molecular weight is 558 g/mol. The van der Waals surface area contributed by atoms with Gasteiger partial charge in [-0.25, -0.2) is 16.8 Å². The van der Waals surface area contributed by atoms with Crippen LogP contribution in [-0.4, -0.2) is 53.3 Å². The van der Waals surface area contributed by atoms with Gasteiger partial charge in [0.05, 0.1) is 22.1 Å². The summed E-state index contributed by atoms with van der Waals surface area (Å²) in [6.45, 7) is 2.82. The second-order valence-electron chi connectivity index (χ2n) is 8.79. The Balaban J connectivity index is 1.53. The van der Waals surface area contributed by atoms with Crippen LogP contribution in [0, 0.1) is 0 Å². The van der Waals surface area contributed by atoms with Crippen molar-refractivity contribution in [1.82, 2.24) is 4.31 Å². The molecule has 202 valence electrons. The highest BCUT2D eigenvalue weighted by Gasteiger charge is 2.28. The molecular formula is C27H31N3O6S2. The molecule has 0 aromatic heterocycles. The molecule has 38 heavy (non-hydrogen) atoms. The van der Waals surface area contributed by atoms with Crippen molar-refractivity contribution in [3.8, 4) is 5.75 Å².